The van der Waals surface area contributed by atoms with E-state index in [0.29, 0.717) is 5.39 Å². The van der Waals surface area contributed by atoms with E-state index < -0.39 is 17.7 Å². The Labute approximate surface area is 107 Å². The Morgan fingerprint density at radius 2 is 2.11 bits per heavy atom. The van der Waals surface area contributed by atoms with Crippen LogP contribution in [0.1, 0.15) is 10.5 Å². The number of aromatic carboxylic acids is 1. The van der Waals surface area contributed by atoms with Crippen LogP contribution in [0.5, 0.6) is 0 Å². The molecular weight excluding hydrogens is 253 g/mol. The maximum atomic E-state index is 13.5. The Bertz CT molecular complexity index is 673. The van der Waals surface area contributed by atoms with E-state index in [9.17, 15) is 14.0 Å². The zero-order valence-electron chi connectivity index (χ0n) is 9.68. The lowest BCUT2D eigenvalue weighted by Gasteiger charge is -2.09. The average molecular weight is 263 g/mol. The van der Waals surface area contributed by atoms with Gasteiger partial charge in [0.25, 0.3) is 0 Å². The number of nitrogens with zero attached hydrogens (tertiary/aromatic N) is 1. The maximum absolute atomic E-state index is 13.5. The second-order valence-corrected chi connectivity index (χ2v) is 3.77. The zero-order chi connectivity index (χ0) is 14.0. The molecule has 0 radical (unpaired) electrons. The number of anilines is 1. The summed E-state index contributed by atoms with van der Waals surface area (Å²) in [5, 5.41) is 11.9. The maximum Gasteiger partial charge on any atom is 0.355 e. The van der Waals surface area contributed by atoms with Gasteiger partial charge in [-0.25, -0.2) is 14.2 Å². The predicted octanol–water partition coefficient (Wildman–Crippen LogP) is 0.969. The summed E-state index contributed by atoms with van der Waals surface area (Å²) in [6.07, 6.45) is 1.28. The number of carboxylic acids is 1. The van der Waals surface area contributed by atoms with Crippen LogP contribution in [0.3, 0.4) is 0 Å². The minimum atomic E-state index is -1.27. The SMILES string of the molecule is NCC(=O)Nc1cc(F)cc2c(C(=O)O)nccc12. The first-order valence-electron chi connectivity index (χ1n) is 5.34. The van der Waals surface area contributed by atoms with Gasteiger partial charge in [0.1, 0.15) is 5.82 Å². The van der Waals surface area contributed by atoms with Gasteiger partial charge in [0, 0.05) is 17.0 Å². The predicted molar refractivity (Wildman–Crippen MR) is 66.3 cm³/mol. The Balaban J connectivity index is 2.68. The van der Waals surface area contributed by atoms with Crippen molar-refractivity contribution in [3.63, 3.8) is 0 Å². The fourth-order valence-electron chi connectivity index (χ4n) is 1.72. The molecule has 4 N–H and O–H groups in total. The molecule has 0 saturated carbocycles. The van der Waals surface area contributed by atoms with Crippen LogP contribution in [0.25, 0.3) is 10.8 Å². The van der Waals surface area contributed by atoms with Crippen molar-refractivity contribution in [2.75, 3.05) is 11.9 Å². The topological polar surface area (TPSA) is 105 Å². The van der Waals surface area contributed by atoms with E-state index in [2.05, 4.69) is 10.3 Å². The molecule has 98 valence electrons. The Morgan fingerprint density at radius 3 is 2.74 bits per heavy atom. The van der Waals surface area contributed by atoms with Crippen molar-refractivity contribution < 1.29 is 19.1 Å². The number of carbonyl (C=O) groups excluding carboxylic acids is 1. The summed E-state index contributed by atoms with van der Waals surface area (Å²) in [7, 11) is 0. The Kier molecular flexibility index (Phi) is 3.39. The summed E-state index contributed by atoms with van der Waals surface area (Å²) in [5.74, 6) is -2.44. The van der Waals surface area contributed by atoms with Gasteiger partial charge in [-0.2, -0.15) is 0 Å². The molecule has 1 aromatic heterocycles. The highest BCUT2D eigenvalue weighted by atomic mass is 19.1. The molecule has 0 spiro atoms. The first-order chi connectivity index (χ1) is 9.02. The van der Waals surface area contributed by atoms with Crippen LogP contribution in [0.15, 0.2) is 24.4 Å². The smallest absolute Gasteiger partial charge is 0.355 e. The van der Waals surface area contributed by atoms with Crippen LogP contribution in [0, 0.1) is 5.82 Å². The number of aromatic nitrogens is 1. The molecule has 0 atom stereocenters. The van der Waals surface area contributed by atoms with E-state index in [4.69, 9.17) is 10.8 Å². The average Bonchev–Trinajstić information content (AvgIpc) is 2.37. The number of benzene rings is 1. The number of amides is 1. The van der Waals surface area contributed by atoms with Gasteiger partial charge >= 0.3 is 5.97 Å². The van der Waals surface area contributed by atoms with Gasteiger partial charge in [-0.15, -0.1) is 0 Å². The van der Waals surface area contributed by atoms with E-state index in [1.807, 2.05) is 0 Å². The van der Waals surface area contributed by atoms with Crippen molar-refractivity contribution in [3.8, 4) is 0 Å². The molecule has 1 heterocycles. The summed E-state index contributed by atoms with van der Waals surface area (Å²) in [6, 6.07) is 3.65. The van der Waals surface area contributed by atoms with E-state index in [-0.39, 0.29) is 23.3 Å². The first-order valence-corrected chi connectivity index (χ1v) is 5.34. The van der Waals surface area contributed by atoms with Crippen LogP contribution in [0.2, 0.25) is 0 Å². The minimum Gasteiger partial charge on any atom is -0.476 e. The number of nitrogens with two attached hydrogens (primary N) is 1. The molecule has 2 rings (SSSR count). The summed E-state index contributed by atoms with van der Waals surface area (Å²) in [6.45, 7) is -0.255. The highest BCUT2D eigenvalue weighted by Gasteiger charge is 2.14. The molecule has 19 heavy (non-hydrogen) atoms. The van der Waals surface area contributed by atoms with E-state index in [1.165, 1.54) is 12.3 Å². The number of carboxylic acid groups (broad SMARTS) is 1. The molecule has 7 heteroatoms. The molecule has 1 aromatic carbocycles. The monoisotopic (exact) mass is 263 g/mol. The van der Waals surface area contributed by atoms with Gasteiger partial charge in [-0.05, 0) is 18.2 Å². The highest BCUT2D eigenvalue weighted by molar-refractivity contribution is 6.08. The van der Waals surface area contributed by atoms with Gasteiger partial charge in [0.15, 0.2) is 5.69 Å². The summed E-state index contributed by atoms with van der Waals surface area (Å²) in [5.41, 5.74) is 5.05. The molecule has 0 aliphatic rings. The third kappa shape index (κ3) is 2.50. The second kappa shape index (κ2) is 4.99. The summed E-state index contributed by atoms with van der Waals surface area (Å²) in [4.78, 5) is 26.0. The van der Waals surface area contributed by atoms with Crippen LogP contribution in [-0.4, -0.2) is 28.5 Å². The molecule has 0 aliphatic carbocycles. The number of hydrogen-bond acceptors (Lipinski definition) is 4. The van der Waals surface area contributed by atoms with Gasteiger partial charge in [-0.3, -0.25) is 4.79 Å². The second-order valence-electron chi connectivity index (χ2n) is 3.77. The van der Waals surface area contributed by atoms with Gasteiger partial charge in [-0.1, -0.05) is 0 Å². The van der Waals surface area contributed by atoms with Crippen LogP contribution in [0.4, 0.5) is 10.1 Å². The molecule has 0 bridgehead atoms. The van der Waals surface area contributed by atoms with Crippen molar-refractivity contribution in [2.24, 2.45) is 5.73 Å². The third-order valence-electron chi connectivity index (χ3n) is 2.51. The van der Waals surface area contributed by atoms with E-state index in [0.717, 1.165) is 12.1 Å². The quantitative estimate of drug-likeness (QED) is 0.765. The Hall–Kier alpha value is -2.54. The molecule has 1 amide bonds. The molecule has 0 saturated heterocycles. The number of nitrogens with one attached hydrogen (secondary N) is 1. The van der Waals surface area contributed by atoms with Crippen molar-refractivity contribution in [1.82, 2.24) is 4.98 Å². The number of carbonyl (C=O) groups is 2. The lowest BCUT2D eigenvalue weighted by Crippen LogP contribution is -2.22. The zero-order valence-corrected chi connectivity index (χ0v) is 9.68. The van der Waals surface area contributed by atoms with Crippen LogP contribution >= 0.6 is 0 Å². The van der Waals surface area contributed by atoms with Gasteiger partial charge < -0.3 is 16.2 Å². The fourth-order valence-corrected chi connectivity index (χ4v) is 1.72. The largest absolute Gasteiger partial charge is 0.476 e. The molecule has 2 aromatic rings. The van der Waals surface area contributed by atoms with E-state index in [1.54, 1.807) is 0 Å². The molecule has 0 unspecified atom stereocenters. The van der Waals surface area contributed by atoms with Crippen LogP contribution in [-0.2, 0) is 4.79 Å². The molecule has 0 aliphatic heterocycles. The van der Waals surface area contributed by atoms with Crippen molar-refractivity contribution in [1.29, 1.82) is 0 Å². The van der Waals surface area contributed by atoms with Crippen molar-refractivity contribution in [2.45, 2.75) is 0 Å². The number of halogens is 1. The summed E-state index contributed by atoms with van der Waals surface area (Å²) >= 11 is 0. The fraction of sp³-hybridized carbons (Fsp3) is 0.0833. The normalized spacial score (nSPS) is 10.4. The van der Waals surface area contributed by atoms with Crippen molar-refractivity contribution in [3.05, 3.63) is 35.9 Å². The third-order valence-corrected chi connectivity index (χ3v) is 2.51. The molecule has 6 nitrogen and oxygen atoms in total. The highest BCUT2D eigenvalue weighted by Crippen LogP contribution is 2.26. The minimum absolute atomic E-state index is 0.113. The molecular formula is C12H10FN3O3. The number of hydrogen-bond donors (Lipinski definition) is 3. The number of fused-ring (bicyclic) bond motifs is 1. The van der Waals surface area contributed by atoms with Crippen molar-refractivity contribution >= 4 is 28.3 Å². The summed E-state index contributed by atoms with van der Waals surface area (Å²) < 4.78 is 13.5. The van der Waals surface area contributed by atoms with Gasteiger partial charge in [0.2, 0.25) is 5.91 Å². The lowest BCUT2D eigenvalue weighted by molar-refractivity contribution is -0.114. The molecule has 0 fully saturated rings. The number of rotatable bonds is 3. The lowest BCUT2D eigenvalue weighted by atomic mass is 10.1. The van der Waals surface area contributed by atoms with Gasteiger partial charge in [0.05, 0.1) is 12.2 Å². The Morgan fingerprint density at radius 1 is 1.37 bits per heavy atom. The van der Waals surface area contributed by atoms with E-state index >= 15 is 0 Å². The van der Waals surface area contributed by atoms with Crippen LogP contribution < -0.4 is 11.1 Å². The standard InChI is InChI=1S/C12H10FN3O3/c13-6-3-8-7(1-2-15-11(8)12(18)19)9(4-6)16-10(17)5-14/h1-4H,5,14H2,(H,16,17)(H,18,19). The first kappa shape index (κ1) is 12.9. The number of pyridine rings is 1.